The summed E-state index contributed by atoms with van der Waals surface area (Å²) < 4.78 is 1.43. The summed E-state index contributed by atoms with van der Waals surface area (Å²) in [5.74, 6) is -0.349. The van der Waals surface area contributed by atoms with Crippen LogP contribution in [-0.4, -0.2) is 34.9 Å². The number of nitrogens with zero attached hydrogens (tertiary/aromatic N) is 2. The smallest absolute Gasteiger partial charge is 0.270 e. The van der Waals surface area contributed by atoms with Crippen LogP contribution < -0.4 is 16.2 Å². The van der Waals surface area contributed by atoms with Crippen LogP contribution in [0.2, 0.25) is 0 Å². The van der Waals surface area contributed by atoms with Crippen LogP contribution >= 0.6 is 12.4 Å². The van der Waals surface area contributed by atoms with Crippen LogP contribution in [0.4, 0.5) is 0 Å². The lowest BCUT2D eigenvalue weighted by Crippen LogP contribution is -2.43. The number of carbonyl (C=O) groups excluding carboxylic acids is 1. The van der Waals surface area contributed by atoms with Crippen LogP contribution in [0.1, 0.15) is 35.7 Å². The van der Waals surface area contributed by atoms with E-state index in [1.54, 1.807) is 12.3 Å². The van der Waals surface area contributed by atoms with Gasteiger partial charge in [-0.25, -0.2) is 4.98 Å². The van der Waals surface area contributed by atoms with E-state index >= 15 is 0 Å². The third kappa shape index (κ3) is 3.76. The largest absolute Gasteiger partial charge is 0.351 e. The van der Waals surface area contributed by atoms with Crippen molar-refractivity contribution in [2.75, 3.05) is 19.6 Å². The number of piperidine rings is 1. The molecule has 2 aromatic rings. The van der Waals surface area contributed by atoms with Gasteiger partial charge in [-0.2, -0.15) is 0 Å². The first-order valence-electron chi connectivity index (χ1n) is 7.95. The SMILES string of the molecule is Cc1ccc2ncc(C(=O)NCC3(C)CCNCC3)c(=O)n2c1.Cl. The molecule has 6 nitrogen and oxygen atoms in total. The van der Waals surface area contributed by atoms with E-state index in [4.69, 9.17) is 0 Å². The predicted octanol–water partition coefficient (Wildman–Crippen LogP) is 1.54. The zero-order chi connectivity index (χ0) is 16.4. The molecule has 0 spiro atoms. The molecule has 0 unspecified atom stereocenters. The maximum absolute atomic E-state index is 12.5. The summed E-state index contributed by atoms with van der Waals surface area (Å²) in [5.41, 5.74) is 1.33. The molecule has 1 aliphatic rings. The van der Waals surface area contributed by atoms with E-state index < -0.39 is 0 Å². The average molecular weight is 351 g/mol. The lowest BCUT2D eigenvalue weighted by molar-refractivity contribution is 0.0920. The van der Waals surface area contributed by atoms with Crippen LogP contribution in [0.25, 0.3) is 5.65 Å². The van der Waals surface area contributed by atoms with Crippen LogP contribution in [0.5, 0.6) is 0 Å². The summed E-state index contributed by atoms with van der Waals surface area (Å²) >= 11 is 0. The number of pyridine rings is 1. The molecular weight excluding hydrogens is 328 g/mol. The van der Waals surface area contributed by atoms with Crippen LogP contribution in [0.15, 0.2) is 29.3 Å². The topological polar surface area (TPSA) is 75.5 Å². The van der Waals surface area contributed by atoms with Gasteiger partial charge in [-0.3, -0.25) is 14.0 Å². The monoisotopic (exact) mass is 350 g/mol. The van der Waals surface area contributed by atoms with Gasteiger partial charge in [-0.05, 0) is 49.9 Å². The molecule has 0 radical (unpaired) electrons. The maximum Gasteiger partial charge on any atom is 0.270 e. The Hall–Kier alpha value is -1.92. The number of halogens is 1. The van der Waals surface area contributed by atoms with Gasteiger partial charge in [0.15, 0.2) is 0 Å². The Morgan fingerprint density at radius 3 is 2.79 bits per heavy atom. The predicted molar refractivity (Wildman–Crippen MR) is 96.0 cm³/mol. The first-order valence-corrected chi connectivity index (χ1v) is 7.95. The van der Waals surface area contributed by atoms with Gasteiger partial charge in [0.25, 0.3) is 11.5 Å². The number of carbonyl (C=O) groups is 1. The Balaban J connectivity index is 0.00000208. The molecule has 0 aromatic carbocycles. The molecule has 1 amide bonds. The average Bonchev–Trinajstić information content (AvgIpc) is 2.54. The third-order valence-electron chi connectivity index (χ3n) is 4.58. The van der Waals surface area contributed by atoms with E-state index in [0.717, 1.165) is 31.5 Å². The number of amides is 1. The molecule has 3 rings (SSSR count). The summed E-state index contributed by atoms with van der Waals surface area (Å²) in [4.78, 5) is 29.1. The molecule has 3 heterocycles. The maximum atomic E-state index is 12.5. The Bertz CT molecular complexity index is 797. The Morgan fingerprint density at radius 2 is 2.08 bits per heavy atom. The van der Waals surface area contributed by atoms with Crippen molar-refractivity contribution < 1.29 is 4.79 Å². The fraction of sp³-hybridized carbons (Fsp3) is 0.471. The van der Waals surface area contributed by atoms with Crippen molar-refractivity contribution in [1.29, 1.82) is 0 Å². The fourth-order valence-corrected chi connectivity index (χ4v) is 2.93. The van der Waals surface area contributed by atoms with Gasteiger partial charge >= 0.3 is 0 Å². The van der Waals surface area contributed by atoms with Gasteiger partial charge in [0.2, 0.25) is 0 Å². The molecule has 130 valence electrons. The molecule has 0 aliphatic carbocycles. The number of hydrogen-bond acceptors (Lipinski definition) is 4. The lowest BCUT2D eigenvalue weighted by atomic mass is 9.81. The van der Waals surface area contributed by atoms with E-state index in [0.29, 0.717) is 12.2 Å². The van der Waals surface area contributed by atoms with Gasteiger partial charge in [-0.15, -0.1) is 12.4 Å². The number of rotatable bonds is 3. The number of fused-ring (bicyclic) bond motifs is 1. The van der Waals surface area contributed by atoms with Crippen molar-refractivity contribution in [3.8, 4) is 0 Å². The molecule has 1 aliphatic heterocycles. The lowest BCUT2D eigenvalue weighted by Gasteiger charge is -2.34. The van der Waals surface area contributed by atoms with E-state index in [9.17, 15) is 9.59 Å². The van der Waals surface area contributed by atoms with Gasteiger partial charge in [0, 0.05) is 18.9 Å². The molecule has 0 bridgehead atoms. The van der Waals surface area contributed by atoms with Crippen molar-refractivity contribution in [3.63, 3.8) is 0 Å². The van der Waals surface area contributed by atoms with Crippen molar-refractivity contribution in [2.24, 2.45) is 5.41 Å². The first kappa shape index (κ1) is 18.4. The molecule has 0 atom stereocenters. The number of nitrogens with one attached hydrogen (secondary N) is 2. The minimum atomic E-state index is -0.349. The molecule has 1 fully saturated rings. The zero-order valence-electron chi connectivity index (χ0n) is 14.0. The minimum absolute atomic E-state index is 0. The number of aryl methyl sites for hydroxylation is 1. The fourth-order valence-electron chi connectivity index (χ4n) is 2.93. The summed E-state index contributed by atoms with van der Waals surface area (Å²) in [6, 6.07) is 3.66. The Kier molecular flexibility index (Phi) is 5.62. The van der Waals surface area contributed by atoms with Crippen LogP contribution in [0, 0.1) is 12.3 Å². The molecule has 0 saturated carbocycles. The Morgan fingerprint density at radius 1 is 1.38 bits per heavy atom. The number of hydrogen-bond donors (Lipinski definition) is 2. The van der Waals surface area contributed by atoms with Crippen molar-refractivity contribution in [2.45, 2.75) is 26.7 Å². The van der Waals surface area contributed by atoms with E-state index in [1.165, 1.54) is 10.6 Å². The zero-order valence-corrected chi connectivity index (χ0v) is 14.8. The van der Waals surface area contributed by atoms with Gasteiger partial charge < -0.3 is 10.6 Å². The summed E-state index contributed by atoms with van der Waals surface area (Å²) in [6.45, 7) is 6.57. The van der Waals surface area contributed by atoms with E-state index in [-0.39, 0.29) is 34.9 Å². The molecule has 2 N–H and O–H groups in total. The minimum Gasteiger partial charge on any atom is -0.351 e. The molecule has 1 saturated heterocycles. The highest BCUT2D eigenvalue weighted by atomic mass is 35.5. The normalized spacial score (nSPS) is 16.4. The highest BCUT2D eigenvalue weighted by Crippen LogP contribution is 2.26. The van der Waals surface area contributed by atoms with Crippen LogP contribution in [0.3, 0.4) is 0 Å². The van der Waals surface area contributed by atoms with Crippen molar-refractivity contribution in [3.05, 3.63) is 46.0 Å². The second-order valence-electron chi connectivity index (χ2n) is 6.66. The second kappa shape index (κ2) is 7.32. The standard InChI is InChI=1S/C17H22N4O2.ClH/c1-12-3-4-14-19-9-13(16(23)21(14)10-12)15(22)20-11-17(2)5-7-18-8-6-17;/h3-4,9-10,18H,5-8,11H2,1-2H3,(H,20,22);1H. The first-order chi connectivity index (χ1) is 11.0. The van der Waals surface area contributed by atoms with E-state index in [2.05, 4.69) is 22.5 Å². The van der Waals surface area contributed by atoms with Gasteiger partial charge in [-0.1, -0.05) is 13.0 Å². The summed E-state index contributed by atoms with van der Waals surface area (Å²) in [6.07, 6.45) is 5.10. The Labute approximate surface area is 147 Å². The van der Waals surface area contributed by atoms with Crippen molar-refractivity contribution in [1.82, 2.24) is 20.0 Å². The third-order valence-corrected chi connectivity index (χ3v) is 4.58. The summed E-state index contributed by atoms with van der Waals surface area (Å²) in [7, 11) is 0. The quantitative estimate of drug-likeness (QED) is 0.880. The molecule has 2 aromatic heterocycles. The van der Waals surface area contributed by atoms with E-state index in [1.807, 2.05) is 13.0 Å². The highest BCUT2D eigenvalue weighted by molar-refractivity contribution is 5.93. The highest BCUT2D eigenvalue weighted by Gasteiger charge is 2.27. The summed E-state index contributed by atoms with van der Waals surface area (Å²) in [5, 5.41) is 6.23. The van der Waals surface area contributed by atoms with Crippen molar-refractivity contribution >= 4 is 24.0 Å². The molecule has 7 heteroatoms. The van der Waals surface area contributed by atoms with Gasteiger partial charge in [0.05, 0.1) is 0 Å². The van der Waals surface area contributed by atoms with Crippen LogP contribution in [-0.2, 0) is 0 Å². The number of aromatic nitrogens is 2. The second-order valence-corrected chi connectivity index (χ2v) is 6.66. The molecular formula is C17H23ClN4O2. The molecule has 24 heavy (non-hydrogen) atoms. The van der Waals surface area contributed by atoms with Gasteiger partial charge in [0.1, 0.15) is 11.2 Å².